The molecular weight excluding hydrogens is 785 g/mol. The van der Waals surface area contributed by atoms with E-state index in [4.69, 9.17) is 9.97 Å². The monoisotopic (exact) mass is 824 g/mol. The zero-order valence-corrected chi connectivity index (χ0v) is 35.5. The third kappa shape index (κ3) is 5.81. The molecule has 13 rings (SSSR count). The Bertz CT molecular complexity index is 3540. The topological polar surface area (TPSA) is 25.8 Å². The molecule has 0 saturated carbocycles. The van der Waals surface area contributed by atoms with Crippen LogP contribution >= 0.6 is 0 Å². The Morgan fingerprint density at radius 3 is 1.43 bits per heavy atom. The minimum Gasteiger partial charge on any atom is -0.228 e. The summed E-state index contributed by atoms with van der Waals surface area (Å²) in [6.45, 7) is 0. The first kappa shape index (κ1) is 37.1. The maximum atomic E-state index is 5.14. The van der Waals surface area contributed by atoms with Crippen LogP contribution in [0.1, 0.15) is 22.3 Å². The van der Waals surface area contributed by atoms with Crippen molar-refractivity contribution >= 4 is 10.8 Å². The minimum absolute atomic E-state index is 0.437. The lowest BCUT2D eigenvalue weighted by Gasteiger charge is -2.31. The molecule has 0 N–H and O–H groups in total. The van der Waals surface area contributed by atoms with Gasteiger partial charge in [-0.1, -0.05) is 218 Å². The normalized spacial score (nSPS) is 12.7. The van der Waals surface area contributed by atoms with Gasteiger partial charge in [0.25, 0.3) is 0 Å². The van der Waals surface area contributed by atoms with Crippen LogP contribution in [0.2, 0.25) is 0 Å². The lowest BCUT2D eigenvalue weighted by Crippen LogP contribution is -2.25. The molecule has 0 atom stereocenters. The summed E-state index contributed by atoms with van der Waals surface area (Å²) in [6.07, 6.45) is 0. The summed E-state index contributed by atoms with van der Waals surface area (Å²) in [5.41, 5.74) is 22.2. The van der Waals surface area contributed by atoms with Gasteiger partial charge in [0.15, 0.2) is 5.82 Å². The molecule has 1 spiro atoms. The molecule has 0 unspecified atom stereocenters. The van der Waals surface area contributed by atoms with Crippen molar-refractivity contribution in [1.29, 1.82) is 0 Å². The molecule has 1 aromatic heterocycles. The molecule has 302 valence electrons. The van der Waals surface area contributed by atoms with E-state index in [9.17, 15) is 0 Å². The maximum absolute atomic E-state index is 5.14. The molecule has 0 radical (unpaired) electrons. The highest BCUT2D eigenvalue weighted by molar-refractivity contribution is 6.04. The van der Waals surface area contributed by atoms with Gasteiger partial charge in [0, 0.05) is 16.7 Å². The standard InChI is InChI=1S/C63H40N2/c1-3-18-44(19-4-1)60-40-61(65-62(64-60)45-20-5-2-6-21-45)47-24-15-23-46(37-47)41-33-35-43(36-34-41)53-39-59-55(38-54(53)49-29-16-22-42-17-7-8-25-48(42)49)52-28-11-14-32-58(52)63(59)56-30-12-9-26-50(56)51-27-10-13-31-57(51)63/h1-40H. The van der Waals surface area contributed by atoms with Gasteiger partial charge in [0.1, 0.15) is 0 Å². The predicted molar refractivity (Wildman–Crippen MR) is 268 cm³/mol. The second-order valence-corrected chi connectivity index (χ2v) is 17.2. The Hall–Kier alpha value is -8.46. The fourth-order valence-electron chi connectivity index (χ4n) is 10.8. The quantitative estimate of drug-likeness (QED) is 0.167. The van der Waals surface area contributed by atoms with E-state index in [0.717, 1.165) is 39.2 Å². The SMILES string of the molecule is c1ccc(-c2cc(-c3cccc(-c4ccc(-c5cc6c(cc5-c5cccc7ccccc57)-c5ccccc5C65c6ccccc6-c6ccccc65)cc4)c3)nc(-c3ccccc3)n2)cc1. The highest BCUT2D eigenvalue weighted by atomic mass is 14.9. The molecule has 65 heavy (non-hydrogen) atoms. The van der Waals surface area contributed by atoms with Crippen molar-refractivity contribution in [2.75, 3.05) is 0 Å². The van der Waals surface area contributed by atoms with Gasteiger partial charge in [-0.3, -0.25) is 0 Å². The molecular formula is C63H40N2. The Balaban J connectivity index is 0.979. The molecule has 0 bridgehead atoms. The number of benzene rings is 10. The molecule has 0 aliphatic heterocycles. The number of fused-ring (bicyclic) bond motifs is 11. The third-order valence-corrected chi connectivity index (χ3v) is 13.7. The fourth-order valence-corrected chi connectivity index (χ4v) is 10.8. The van der Waals surface area contributed by atoms with Crippen LogP contribution in [0.15, 0.2) is 243 Å². The molecule has 0 fully saturated rings. The number of rotatable bonds is 6. The van der Waals surface area contributed by atoms with Crippen LogP contribution < -0.4 is 0 Å². The van der Waals surface area contributed by atoms with Gasteiger partial charge in [0.05, 0.1) is 16.8 Å². The van der Waals surface area contributed by atoms with Gasteiger partial charge in [0.2, 0.25) is 0 Å². The largest absolute Gasteiger partial charge is 0.228 e. The van der Waals surface area contributed by atoms with Crippen LogP contribution in [0.4, 0.5) is 0 Å². The van der Waals surface area contributed by atoms with E-state index in [2.05, 4.69) is 218 Å². The van der Waals surface area contributed by atoms with Crippen LogP contribution in [-0.4, -0.2) is 9.97 Å². The Morgan fingerprint density at radius 1 is 0.246 bits per heavy atom. The van der Waals surface area contributed by atoms with Crippen molar-refractivity contribution in [1.82, 2.24) is 9.97 Å². The second-order valence-electron chi connectivity index (χ2n) is 17.2. The van der Waals surface area contributed by atoms with E-state index >= 15 is 0 Å². The summed E-state index contributed by atoms with van der Waals surface area (Å²) in [5.74, 6) is 0.711. The first-order chi connectivity index (χ1) is 32.2. The van der Waals surface area contributed by atoms with Gasteiger partial charge < -0.3 is 0 Å². The summed E-state index contributed by atoms with van der Waals surface area (Å²) >= 11 is 0. The summed E-state index contributed by atoms with van der Waals surface area (Å²) in [7, 11) is 0. The average molecular weight is 825 g/mol. The molecule has 1 heterocycles. The van der Waals surface area contributed by atoms with Crippen molar-refractivity contribution < 1.29 is 0 Å². The first-order valence-electron chi connectivity index (χ1n) is 22.4. The van der Waals surface area contributed by atoms with Crippen LogP contribution in [0.5, 0.6) is 0 Å². The van der Waals surface area contributed by atoms with Gasteiger partial charge in [-0.05, 0) is 113 Å². The fraction of sp³-hybridized carbons (Fsp3) is 0.0159. The van der Waals surface area contributed by atoms with Crippen molar-refractivity contribution in [3.8, 4) is 89.5 Å². The zero-order valence-electron chi connectivity index (χ0n) is 35.5. The molecule has 0 amide bonds. The molecule has 2 aliphatic carbocycles. The van der Waals surface area contributed by atoms with Crippen LogP contribution in [0.25, 0.3) is 100 Å². The summed E-state index contributed by atoms with van der Waals surface area (Å²) in [6, 6.07) is 88.4. The molecule has 0 saturated heterocycles. The summed E-state index contributed by atoms with van der Waals surface area (Å²) in [5, 5.41) is 2.48. The van der Waals surface area contributed by atoms with E-state index in [1.807, 2.05) is 24.3 Å². The van der Waals surface area contributed by atoms with E-state index in [1.165, 1.54) is 77.5 Å². The number of nitrogens with zero attached hydrogens (tertiary/aromatic N) is 2. The van der Waals surface area contributed by atoms with Crippen molar-refractivity contribution in [3.63, 3.8) is 0 Å². The van der Waals surface area contributed by atoms with Crippen LogP contribution in [-0.2, 0) is 5.41 Å². The average Bonchev–Trinajstić information content (AvgIpc) is 3.85. The number of hydrogen-bond acceptors (Lipinski definition) is 2. The molecule has 10 aromatic carbocycles. The lowest BCUT2D eigenvalue weighted by molar-refractivity contribution is 0.794. The van der Waals surface area contributed by atoms with Crippen LogP contribution in [0.3, 0.4) is 0 Å². The Kier molecular flexibility index (Phi) is 8.47. The highest BCUT2D eigenvalue weighted by Gasteiger charge is 2.51. The molecule has 11 aromatic rings. The van der Waals surface area contributed by atoms with E-state index in [-0.39, 0.29) is 0 Å². The van der Waals surface area contributed by atoms with E-state index in [0.29, 0.717) is 5.82 Å². The predicted octanol–water partition coefficient (Wildman–Crippen LogP) is 16.0. The summed E-state index contributed by atoms with van der Waals surface area (Å²) < 4.78 is 0. The van der Waals surface area contributed by atoms with E-state index in [1.54, 1.807) is 0 Å². The maximum Gasteiger partial charge on any atom is 0.160 e. The minimum atomic E-state index is -0.437. The Labute approximate surface area is 378 Å². The number of aromatic nitrogens is 2. The van der Waals surface area contributed by atoms with Gasteiger partial charge in [-0.15, -0.1) is 0 Å². The second kappa shape index (κ2) is 14.8. The van der Waals surface area contributed by atoms with Crippen molar-refractivity contribution in [3.05, 3.63) is 265 Å². The van der Waals surface area contributed by atoms with E-state index < -0.39 is 5.41 Å². The van der Waals surface area contributed by atoms with Gasteiger partial charge in [-0.25, -0.2) is 9.97 Å². The van der Waals surface area contributed by atoms with Gasteiger partial charge in [-0.2, -0.15) is 0 Å². The third-order valence-electron chi connectivity index (χ3n) is 13.7. The lowest BCUT2D eigenvalue weighted by atomic mass is 9.70. The Morgan fingerprint density at radius 2 is 0.738 bits per heavy atom. The zero-order chi connectivity index (χ0) is 42.9. The van der Waals surface area contributed by atoms with Gasteiger partial charge >= 0.3 is 0 Å². The van der Waals surface area contributed by atoms with Crippen LogP contribution in [0, 0.1) is 0 Å². The smallest absolute Gasteiger partial charge is 0.160 e. The molecule has 2 nitrogen and oxygen atoms in total. The van der Waals surface area contributed by atoms with Crippen molar-refractivity contribution in [2.45, 2.75) is 5.41 Å². The molecule has 2 heteroatoms. The molecule has 2 aliphatic rings. The highest BCUT2D eigenvalue weighted by Crippen LogP contribution is 2.63. The number of hydrogen-bond donors (Lipinski definition) is 0. The van der Waals surface area contributed by atoms with Crippen molar-refractivity contribution in [2.24, 2.45) is 0 Å². The first-order valence-corrected chi connectivity index (χ1v) is 22.4. The summed E-state index contributed by atoms with van der Waals surface area (Å²) in [4.78, 5) is 10.2.